The minimum atomic E-state index is 0.154. The molecule has 2 unspecified atom stereocenters. The van der Waals surface area contributed by atoms with E-state index in [0.717, 1.165) is 18.7 Å². The summed E-state index contributed by atoms with van der Waals surface area (Å²) in [5, 5.41) is 12.6. The quantitative estimate of drug-likeness (QED) is 0.825. The summed E-state index contributed by atoms with van der Waals surface area (Å²) in [7, 11) is 0. The highest BCUT2D eigenvalue weighted by Gasteiger charge is 2.27. The van der Waals surface area contributed by atoms with E-state index in [9.17, 15) is 9.90 Å². The highest BCUT2D eigenvalue weighted by molar-refractivity contribution is 5.79. The van der Waals surface area contributed by atoms with Gasteiger partial charge in [-0.05, 0) is 31.5 Å². The number of phenolic OH excluding ortho intramolecular Hbond substituents is 1. The average molecular weight is 248 g/mol. The molecule has 18 heavy (non-hydrogen) atoms. The van der Waals surface area contributed by atoms with Gasteiger partial charge in [-0.3, -0.25) is 4.79 Å². The summed E-state index contributed by atoms with van der Waals surface area (Å²) in [5.41, 5.74) is 0.941. The summed E-state index contributed by atoms with van der Waals surface area (Å²) in [6.07, 6.45) is 0.400. The van der Waals surface area contributed by atoms with E-state index in [1.807, 2.05) is 4.90 Å². The number of rotatable bonds is 2. The van der Waals surface area contributed by atoms with Gasteiger partial charge >= 0.3 is 0 Å². The molecule has 4 nitrogen and oxygen atoms in total. The van der Waals surface area contributed by atoms with Crippen LogP contribution in [-0.4, -0.2) is 41.1 Å². The van der Waals surface area contributed by atoms with Gasteiger partial charge in [0.25, 0.3) is 0 Å². The Bertz CT molecular complexity index is 416. The number of hydrogen-bond acceptors (Lipinski definition) is 3. The second-order valence-corrected chi connectivity index (χ2v) is 4.91. The lowest BCUT2D eigenvalue weighted by Crippen LogP contribution is -2.57. The van der Waals surface area contributed by atoms with E-state index in [1.165, 1.54) is 0 Å². The normalized spacial score (nSPS) is 24.0. The number of benzene rings is 1. The molecule has 1 amide bonds. The van der Waals surface area contributed by atoms with Crippen molar-refractivity contribution >= 4 is 5.91 Å². The zero-order valence-corrected chi connectivity index (χ0v) is 10.9. The number of hydrogen-bond donors (Lipinski definition) is 2. The second-order valence-electron chi connectivity index (χ2n) is 4.91. The monoisotopic (exact) mass is 248 g/mol. The molecule has 1 aromatic carbocycles. The predicted octanol–water partition coefficient (Wildman–Crippen LogP) is 1.14. The number of nitrogens with one attached hydrogen (secondary N) is 1. The molecule has 1 fully saturated rings. The van der Waals surface area contributed by atoms with E-state index in [4.69, 9.17) is 0 Å². The second kappa shape index (κ2) is 5.40. The Hall–Kier alpha value is -1.55. The van der Waals surface area contributed by atoms with Crippen molar-refractivity contribution in [1.82, 2.24) is 10.2 Å². The van der Waals surface area contributed by atoms with Crippen LogP contribution in [0.4, 0.5) is 0 Å². The number of carbonyl (C=O) groups excluding carboxylic acids is 1. The van der Waals surface area contributed by atoms with Gasteiger partial charge in [0.2, 0.25) is 5.91 Å². The lowest BCUT2D eigenvalue weighted by Gasteiger charge is -2.38. The fourth-order valence-corrected chi connectivity index (χ4v) is 2.30. The zero-order chi connectivity index (χ0) is 13.1. The van der Waals surface area contributed by atoms with Crippen LogP contribution in [0.2, 0.25) is 0 Å². The Morgan fingerprint density at radius 3 is 2.72 bits per heavy atom. The van der Waals surface area contributed by atoms with Gasteiger partial charge in [-0.15, -0.1) is 0 Å². The molecule has 1 saturated heterocycles. The van der Waals surface area contributed by atoms with Crippen LogP contribution in [0.1, 0.15) is 19.4 Å². The Morgan fingerprint density at radius 2 is 2.06 bits per heavy atom. The van der Waals surface area contributed by atoms with Crippen LogP contribution in [0, 0.1) is 0 Å². The van der Waals surface area contributed by atoms with Crippen molar-refractivity contribution in [2.75, 3.05) is 13.1 Å². The molecule has 2 atom stereocenters. The van der Waals surface area contributed by atoms with E-state index in [2.05, 4.69) is 19.2 Å². The van der Waals surface area contributed by atoms with Crippen molar-refractivity contribution in [3.8, 4) is 5.75 Å². The first-order valence-corrected chi connectivity index (χ1v) is 6.38. The summed E-state index contributed by atoms with van der Waals surface area (Å²) in [6.45, 7) is 5.80. The molecule has 1 aliphatic heterocycles. The molecule has 1 aliphatic rings. The molecule has 2 rings (SSSR count). The van der Waals surface area contributed by atoms with E-state index in [1.54, 1.807) is 24.3 Å². The molecule has 1 heterocycles. The molecule has 0 saturated carbocycles. The number of aromatic hydroxyl groups is 1. The van der Waals surface area contributed by atoms with Gasteiger partial charge in [0.15, 0.2) is 0 Å². The predicted molar refractivity (Wildman–Crippen MR) is 70.5 cm³/mol. The largest absolute Gasteiger partial charge is 0.508 e. The van der Waals surface area contributed by atoms with Crippen molar-refractivity contribution < 1.29 is 9.90 Å². The highest BCUT2D eigenvalue weighted by atomic mass is 16.3. The zero-order valence-electron chi connectivity index (χ0n) is 10.9. The third-order valence-corrected chi connectivity index (χ3v) is 3.65. The van der Waals surface area contributed by atoms with Crippen LogP contribution in [0.5, 0.6) is 5.75 Å². The first-order chi connectivity index (χ1) is 8.58. The van der Waals surface area contributed by atoms with Gasteiger partial charge in [-0.2, -0.15) is 0 Å². The highest BCUT2D eigenvalue weighted by Crippen LogP contribution is 2.14. The van der Waals surface area contributed by atoms with Crippen molar-refractivity contribution in [3.05, 3.63) is 29.8 Å². The first-order valence-electron chi connectivity index (χ1n) is 6.38. The van der Waals surface area contributed by atoms with E-state index in [-0.39, 0.29) is 17.7 Å². The Labute approximate surface area is 108 Å². The Morgan fingerprint density at radius 1 is 1.39 bits per heavy atom. The number of piperazine rings is 1. The number of phenols is 1. The lowest BCUT2D eigenvalue weighted by molar-refractivity contribution is -0.134. The SMILES string of the molecule is CC1NCCN(C(=O)Cc2ccc(O)cc2)C1C. The van der Waals surface area contributed by atoms with Crippen molar-refractivity contribution in [2.24, 2.45) is 0 Å². The minimum Gasteiger partial charge on any atom is -0.508 e. The van der Waals surface area contributed by atoms with Gasteiger partial charge in [-0.25, -0.2) is 0 Å². The van der Waals surface area contributed by atoms with Crippen LogP contribution in [0.25, 0.3) is 0 Å². The maximum Gasteiger partial charge on any atom is 0.227 e. The third-order valence-electron chi connectivity index (χ3n) is 3.65. The molecule has 1 aromatic rings. The molecular weight excluding hydrogens is 228 g/mol. The molecule has 98 valence electrons. The summed E-state index contributed by atoms with van der Waals surface area (Å²) >= 11 is 0. The topological polar surface area (TPSA) is 52.6 Å². The van der Waals surface area contributed by atoms with E-state index >= 15 is 0 Å². The van der Waals surface area contributed by atoms with Gasteiger partial charge in [0, 0.05) is 25.2 Å². The smallest absolute Gasteiger partial charge is 0.227 e. The minimum absolute atomic E-state index is 0.154. The fourth-order valence-electron chi connectivity index (χ4n) is 2.30. The fraction of sp³-hybridized carbons (Fsp3) is 0.500. The van der Waals surface area contributed by atoms with Gasteiger partial charge in [0.1, 0.15) is 5.75 Å². The summed E-state index contributed by atoms with van der Waals surface area (Å²) < 4.78 is 0. The molecule has 0 radical (unpaired) electrons. The summed E-state index contributed by atoms with van der Waals surface area (Å²) in [6, 6.07) is 7.39. The van der Waals surface area contributed by atoms with Crippen LogP contribution in [0.3, 0.4) is 0 Å². The molecule has 0 aliphatic carbocycles. The standard InChI is InChI=1S/C14H20N2O2/c1-10-11(2)16(8-7-15-10)14(18)9-12-3-5-13(17)6-4-12/h3-6,10-11,15,17H,7-9H2,1-2H3. The molecule has 0 bridgehead atoms. The molecule has 0 aromatic heterocycles. The van der Waals surface area contributed by atoms with Crippen molar-refractivity contribution in [1.29, 1.82) is 0 Å². The van der Waals surface area contributed by atoms with Crippen LogP contribution in [-0.2, 0) is 11.2 Å². The number of amides is 1. The third kappa shape index (κ3) is 2.82. The van der Waals surface area contributed by atoms with E-state index < -0.39 is 0 Å². The average Bonchev–Trinajstić information content (AvgIpc) is 2.35. The molecule has 4 heteroatoms. The van der Waals surface area contributed by atoms with Crippen molar-refractivity contribution in [3.63, 3.8) is 0 Å². The Balaban J connectivity index is 2.01. The van der Waals surface area contributed by atoms with Gasteiger partial charge < -0.3 is 15.3 Å². The Kier molecular flexibility index (Phi) is 3.87. The van der Waals surface area contributed by atoms with E-state index in [0.29, 0.717) is 12.5 Å². The van der Waals surface area contributed by atoms with Crippen LogP contribution in [0.15, 0.2) is 24.3 Å². The number of carbonyl (C=O) groups is 1. The maximum absolute atomic E-state index is 12.2. The van der Waals surface area contributed by atoms with Crippen LogP contribution < -0.4 is 5.32 Å². The van der Waals surface area contributed by atoms with Crippen molar-refractivity contribution in [2.45, 2.75) is 32.4 Å². The number of nitrogens with zero attached hydrogens (tertiary/aromatic N) is 1. The van der Waals surface area contributed by atoms with Gasteiger partial charge in [-0.1, -0.05) is 12.1 Å². The molecule has 2 N–H and O–H groups in total. The summed E-state index contributed by atoms with van der Waals surface area (Å²) in [5.74, 6) is 0.386. The maximum atomic E-state index is 12.2. The molecular formula is C14H20N2O2. The first kappa shape index (κ1) is 12.9. The molecule has 0 spiro atoms. The summed E-state index contributed by atoms with van der Waals surface area (Å²) in [4.78, 5) is 14.2. The van der Waals surface area contributed by atoms with Gasteiger partial charge in [0.05, 0.1) is 6.42 Å². The lowest BCUT2D eigenvalue weighted by atomic mass is 10.0. The van der Waals surface area contributed by atoms with Crippen LogP contribution >= 0.6 is 0 Å².